The molecule has 1 aromatic rings. The Bertz CT molecular complexity index is 1370. The molecule has 0 fully saturated rings. The van der Waals surface area contributed by atoms with Crippen LogP contribution >= 0.6 is 0 Å². The highest BCUT2D eigenvalue weighted by Gasteiger charge is 2.12. The Kier molecular flexibility index (Phi) is 38.5. The number of nitrogens with zero attached hydrogens (tertiary/aromatic N) is 1. The van der Waals surface area contributed by atoms with Crippen LogP contribution in [0.4, 0.5) is 0 Å². The summed E-state index contributed by atoms with van der Waals surface area (Å²) in [5.74, 6) is 0.345. The van der Waals surface area contributed by atoms with Crippen LogP contribution in [-0.4, -0.2) is 69.9 Å². The molecule has 0 spiro atoms. The van der Waals surface area contributed by atoms with Crippen LogP contribution in [0.15, 0.2) is 66.8 Å². The van der Waals surface area contributed by atoms with E-state index in [-0.39, 0.29) is 50.9 Å². The molecule has 0 unspecified atom stereocenters. The number of allylic oxidation sites excluding steroid dienone is 8. The van der Waals surface area contributed by atoms with E-state index >= 15 is 0 Å². The first-order chi connectivity index (χ1) is 30.3. The summed E-state index contributed by atoms with van der Waals surface area (Å²) in [6, 6.07) is 5.28. The van der Waals surface area contributed by atoms with Crippen molar-refractivity contribution in [1.82, 2.24) is 4.90 Å². The van der Waals surface area contributed by atoms with E-state index in [9.17, 15) is 14.4 Å². The number of unbranched alkanes of at least 4 members (excludes halogenated alkanes) is 16. The van der Waals surface area contributed by atoms with Gasteiger partial charge in [0.05, 0.1) is 0 Å². The minimum absolute atomic E-state index is 0.0164. The topological polar surface area (TPSA) is 101 Å². The molecule has 62 heavy (non-hydrogen) atoms. The van der Waals surface area contributed by atoms with E-state index in [1.807, 2.05) is 19.0 Å². The molecule has 9 heteroatoms. The molecule has 0 aliphatic rings. The van der Waals surface area contributed by atoms with E-state index in [4.69, 9.17) is 23.7 Å². The van der Waals surface area contributed by atoms with Crippen LogP contribution in [-0.2, 0) is 35.2 Å². The summed E-state index contributed by atoms with van der Waals surface area (Å²) in [7, 11) is 3.93. The van der Waals surface area contributed by atoms with Crippen LogP contribution < -0.4 is 9.47 Å². The van der Waals surface area contributed by atoms with Gasteiger partial charge in [-0.05, 0) is 122 Å². The van der Waals surface area contributed by atoms with Gasteiger partial charge < -0.3 is 28.6 Å². The van der Waals surface area contributed by atoms with E-state index in [1.54, 1.807) is 18.2 Å². The summed E-state index contributed by atoms with van der Waals surface area (Å²) in [5.41, 5.74) is 0.637. The lowest BCUT2D eigenvalue weighted by Gasteiger charge is -2.15. The quantitative estimate of drug-likeness (QED) is 0.0275. The Hall–Kier alpha value is -3.85. The van der Waals surface area contributed by atoms with Crippen LogP contribution in [0.25, 0.3) is 0 Å². The van der Waals surface area contributed by atoms with Crippen molar-refractivity contribution in [3.8, 4) is 11.5 Å². The van der Waals surface area contributed by atoms with Crippen LogP contribution in [0, 0.1) is 0 Å². The van der Waals surface area contributed by atoms with Gasteiger partial charge in [-0.3, -0.25) is 14.4 Å². The van der Waals surface area contributed by atoms with Crippen molar-refractivity contribution in [2.24, 2.45) is 0 Å². The number of carbonyl (C=O) groups excluding carboxylic acids is 3. The monoisotopic (exact) mass is 866 g/mol. The largest absolute Gasteiger partial charge is 0.490 e. The Morgan fingerprint density at radius 2 is 0.919 bits per heavy atom. The first-order valence-electron chi connectivity index (χ1n) is 24.5. The third-order valence-corrected chi connectivity index (χ3v) is 10.3. The molecule has 352 valence electrons. The van der Waals surface area contributed by atoms with Crippen molar-refractivity contribution in [3.05, 3.63) is 72.4 Å². The maximum Gasteiger partial charge on any atom is 0.306 e. The number of hydrogen-bond acceptors (Lipinski definition) is 9. The third kappa shape index (κ3) is 36.8. The van der Waals surface area contributed by atoms with Gasteiger partial charge in [-0.1, -0.05) is 127 Å². The van der Waals surface area contributed by atoms with Crippen molar-refractivity contribution >= 4 is 17.9 Å². The second kappa shape index (κ2) is 42.5. The summed E-state index contributed by atoms with van der Waals surface area (Å²) < 4.78 is 28.3. The van der Waals surface area contributed by atoms with Crippen LogP contribution in [0.2, 0.25) is 0 Å². The van der Waals surface area contributed by atoms with E-state index in [0.717, 1.165) is 70.8 Å². The fourth-order valence-corrected chi connectivity index (χ4v) is 6.60. The van der Waals surface area contributed by atoms with Gasteiger partial charge in [0.25, 0.3) is 0 Å². The molecule has 1 rings (SSSR count). The number of carbonyl (C=O) groups is 3. The molecule has 0 aliphatic carbocycles. The second-order valence-electron chi connectivity index (χ2n) is 16.4. The molecule has 0 atom stereocenters. The third-order valence-electron chi connectivity index (χ3n) is 10.3. The number of esters is 3. The zero-order valence-corrected chi connectivity index (χ0v) is 39.7. The van der Waals surface area contributed by atoms with Crippen LogP contribution in [0.3, 0.4) is 0 Å². The molecule has 0 amide bonds. The lowest BCUT2D eigenvalue weighted by atomic mass is 10.1. The molecule has 0 radical (unpaired) electrons. The highest BCUT2D eigenvalue weighted by Crippen LogP contribution is 2.26. The molecular formula is C53H87NO8. The van der Waals surface area contributed by atoms with Crippen LogP contribution in [0.5, 0.6) is 11.5 Å². The van der Waals surface area contributed by atoms with Crippen molar-refractivity contribution in [3.63, 3.8) is 0 Å². The fraction of sp³-hybridized carbons (Fsp3) is 0.679. The normalized spacial score (nSPS) is 11.8. The van der Waals surface area contributed by atoms with Crippen molar-refractivity contribution in [2.45, 2.75) is 187 Å². The van der Waals surface area contributed by atoms with Gasteiger partial charge in [0.15, 0.2) is 0 Å². The molecule has 0 heterocycles. The Balaban J connectivity index is 2.33. The summed E-state index contributed by atoms with van der Waals surface area (Å²) in [6.07, 6.45) is 45.0. The average Bonchev–Trinajstić information content (AvgIpc) is 3.26. The number of benzene rings is 1. The van der Waals surface area contributed by atoms with E-state index < -0.39 is 0 Å². The lowest BCUT2D eigenvalue weighted by molar-refractivity contribution is -0.146. The summed E-state index contributed by atoms with van der Waals surface area (Å²) >= 11 is 0. The minimum Gasteiger partial charge on any atom is -0.490 e. The van der Waals surface area contributed by atoms with Crippen molar-refractivity contribution in [1.29, 1.82) is 0 Å². The molecule has 0 aromatic heterocycles. The number of ether oxygens (including phenoxy) is 5. The first kappa shape index (κ1) is 56.2. The number of rotatable bonds is 42. The predicted octanol–water partition coefficient (Wildman–Crippen LogP) is 13.5. The van der Waals surface area contributed by atoms with Crippen molar-refractivity contribution in [2.75, 3.05) is 47.1 Å². The molecule has 9 nitrogen and oxygen atoms in total. The van der Waals surface area contributed by atoms with Gasteiger partial charge in [-0.25, -0.2) is 0 Å². The van der Waals surface area contributed by atoms with Gasteiger partial charge in [0.2, 0.25) is 0 Å². The Labute approximate surface area is 378 Å². The Morgan fingerprint density at radius 1 is 0.484 bits per heavy atom. The van der Waals surface area contributed by atoms with Gasteiger partial charge >= 0.3 is 17.9 Å². The van der Waals surface area contributed by atoms with Gasteiger partial charge in [0, 0.05) is 24.8 Å². The second-order valence-corrected chi connectivity index (χ2v) is 16.4. The van der Waals surface area contributed by atoms with Crippen molar-refractivity contribution < 1.29 is 38.1 Å². The SMILES string of the molecule is CCCCC/C=C\C/C=C\CCCCCCCC(=O)OCCOc1ccc(OCCOC(=O)CCCCCCC/C=C\C/C=C\CCCCC)c(COC(=O)CCCN(C)C)c1. The maximum absolute atomic E-state index is 12.4. The summed E-state index contributed by atoms with van der Waals surface area (Å²) in [4.78, 5) is 39.1. The molecular weight excluding hydrogens is 779 g/mol. The zero-order valence-electron chi connectivity index (χ0n) is 39.7. The zero-order chi connectivity index (χ0) is 45.0. The minimum atomic E-state index is -0.289. The Morgan fingerprint density at radius 3 is 1.42 bits per heavy atom. The lowest BCUT2D eigenvalue weighted by Crippen LogP contribution is -2.15. The highest BCUT2D eigenvalue weighted by molar-refractivity contribution is 5.70. The van der Waals surface area contributed by atoms with Gasteiger partial charge in [-0.15, -0.1) is 0 Å². The standard InChI is InChI=1S/C53H87NO8/c1-5-7-9-11-13-15-17-19-21-23-25-27-29-31-33-36-51(55)60-44-42-58-49-39-40-50(48(46-49)47-62-53(57)38-35-41-54(3)4)59-43-45-61-52(56)37-34-32-30-28-26-24-22-20-18-16-14-12-10-8-6-2/h13-16,19-22,39-40,46H,5-12,17-18,23-38,41-45,47H2,1-4H3/b15-13-,16-14-,21-19-,22-20-. The summed E-state index contributed by atoms with van der Waals surface area (Å²) in [5, 5.41) is 0. The number of hydrogen-bond donors (Lipinski definition) is 0. The summed E-state index contributed by atoms with van der Waals surface area (Å²) in [6.45, 7) is 5.92. The highest BCUT2D eigenvalue weighted by atomic mass is 16.6. The predicted molar refractivity (Wildman–Crippen MR) is 256 cm³/mol. The maximum atomic E-state index is 12.4. The molecule has 0 N–H and O–H groups in total. The molecule has 0 aliphatic heterocycles. The average molecular weight is 866 g/mol. The fourth-order valence-electron chi connectivity index (χ4n) is 6.60. The smallest absolute Gasteiger partial charge is 0.306 e. The first-order valence-corrected chi connectivity index (χ1v) is 24.5. The van der Waals surface area contributed by atoms with E-state index in [0.29, 0.717) is 42.7 Å². The molecule has 0 saturated heterocycles. The van der Waals surface area contributed by atoms with Gasteiger partial charge in [-0.2, -0.15) is 0 Å². The van der Waals surface area contributed by atoms with Crippen LogP contribution in [0.1, 0.15) is 186 Å². The van der Waals surface area contributed by atoms with Gasteiger partial charge in [0.1, 0.15) is 44.5 Å². The van der Waals surface area contributed by atoms with E-state index in [1.165, 1.54) is 77.0 Å². The van der Waals surface area contributed by atoms with E-state index in [2.05, 4.69) is 62.5 Å². The molecule has 0 bridgehead atoms. The molecule has 1 aromatic carbocycles. The molecule has 0 saturated carbocycles.